The Morgan fingerprint density at radius 2 is 1.62 bits per heavy atom. The first kappa shape index (κ1) is 12.7. The van der Waals surface area contributed by atoms with Crippen molar-refractivity contribution in [3.05, 3.63) is 55.5 Å². The van der Waals surface area contributed by atoms with Crippen LogP contribution in [0.1, 0.15) is 0 Å². The molecule has 0 aliphatic heterocycles. The molecule has 82 valence electrons. The molecule has 0 saturated carbocycles. The largest absolute Gasteiger partial charge is 0.0901 e. The van der Waals surface area contributed by atoms with Crippen LogP contribution in [-0.2, 0) is 0 Å². The Morgan fingerprint density at radius 3 is 2.25 bits per heavy atom. The zero-order chi connectivity index (χ0) is 11.5. The maximum absolute atomic E-state index is 5.95. The smallest absolute Gasteiger partial charge is 0.0548 e. The molecule has 0 bridgehead atoms. The minimum absolute atomic E-state index is 0.743. The van der Waals surface area contributed by atoms with Crippen molar-refractivity contribution in [3.63, 3.8) is 0 Å². The number of benzene rings is 2. The van der Waals surface area contributed by atoms with E-state index in [0.29, 0.717) is 0 Å². The van der Waals surface area contributed by atoms with Crippen molar-refractivity contribution in [3.8, 4) is 0 Å². The highest BCUT2D eigenvalue weighted by Gasteiger charge is 2.01. The van der Waals surface area contributed by atoms with Crippen LogP contribution in [-0.4, -0.2) is 0 Å². The molecule has 0 spiro atoms. The van der Waals surface area contributed by atoms with E-state index in [9.17, 15) is 0 Å². The molecule has 0 saturated heterocycles. The van der Waals surface area contributed by atoms with E-state index in [-0.39, 0.29) is 0 Å². The number of hydrogen-bond donors (Lipinski definition) is 0. The summed E-state index contributed by atoms with van der Waals surface area (Å²) in [4.78, 5) is 2.41. The van der Waals surface area contributed by atoms with E-state index in [4.69, 9.17) is 11.6 Å². The number of hydrogen-bond acceptors (Lipinski definition) is 1. The number of rotatable bonds is 2. The minimum atomic E-state index is 0.743. The van der Waals surface area contributed by atoms with Gasteiger partial charge in [0.25, 0.3) is 0 Å². The highest BCUT2D eigenvalue weighted by molar-refractivity contribution is 14.1. The van der Waals surface area contributed by atoms with Gasteiger partial charge in [0.15, 0.2) is 0 Å². The fourth-order valence-corrected chi connectivity index (χ4v) is 3.04. The van der Waals surface area contributed by atoms with Gasteiger partial charge in [-0.05, 0) is 81.0 Å². The minimum Gasteiger partial charge on any atom is -0.0901 e. The van der Waals surface area contributed by atoms with E-state index >= 15 is 0 Å². The van der Waals surface area contributed by atoms with Crippen LogP contribution in [0, 0.1) is 3.57 Å². The molecule has 0 amide bonds. The summed E-state index contributed by atoms with van der Waals surface area (Å²) in [5.74, 6) is 0. The van der Waals surface area contributed by atoms with Crippen LogP contribution in [0.25, 0.3) is 0 Å². The van der Waals surface area contributed by atoms with Crippen molar-refractivity contribution in [2.24, 2.45) is 0 Å². The molecule has 0 atom stereocenters. The van der Waals surface area contributed by atoms with Gasteiger partial charge in [-0.25, -0.2) is 0 Å². The van der Waals surface area contributed by atoms with Crippen molar-refractivity contribution < 1.29 is 0 Å². The first-order valence-electron chi connectivity index (χ1n) is 4.53. The molecule has 0 N–H and O–H groups in total. The Morgan fingerprint density at radius 1 is 1.00 bits per heavy atom. The van der Waals surface area contributed by atoms with Crippen molar-refractivity contribution in [1.29, 1.82) is 0 Å². The standard InChI is InChI=1S/C12H7BrClIS/c13-11-7-10(5-6-12(11)14)16-9-3-1-8(15)2-4-9/h1-7H. The van der Waals surface area contributed by atoms with Crippen LogP contribution in [0.3, 0.4) is 0 Å². The zero-order valence-electron chi connectivity index (χ0n) is 8.08. The SMILES string of the molecule is Clc1ccc(Sc2ccc(I)cc2)cc1Br. The van der Waals surface area contributed by atoms with Crippen LogP contribution in [0.5, 0.6) is 0 Å². The van der Waals surface area contributed by atoms with Gasteiger partial charge < -0.3 is 0 Å². The summed E-state index contributed by atoms with van der Waals surface area (Å²) in [6.07, 6.45) is 0. The fourth-order valence-electron chi connectivity index (χ4n) is 1.18. The molecule has 0 heterocycles. The summed E-state index contributed by atoms with van der Waals surface area (Å²) in [5.41, 5.74) is 0. The van der Waals surface area contributed by atoms with Gasteiger partial charge in [0, 0.05) is 17.8 Å². The Balaban J connectivity index is 2.20. The molecule has 2 rings (SSSR count). The normalized spacial score (nSPS) is 10.4. The molecular weight excluding hydrogens is 418 g/mol. The molecule has 0 aromatic heterocycles. The Labute approximate surface area is 126 Å². The average Bonchev–Trinajstić information content (AvgIpc) is 2.27. The van der Waals surface area contributed by atoms with Gasteiger partial charge in [0.05, 0.1) is 5.02 Å². The molecule has 16 heavy (non-hydrogen) atoms. The lowest BCUT2D eigenvalue weighted by atomic mass is 10.4. The predicted molar refractivity (Wildman–Crippen MR) is 82.4 cm³/mol. The highest BCUT2D eigenvalue weighted by atomic mass is 127. The quantitative estimate of drug-likeness (QED) is 0.543. The van der Waals surface area contributed by atoms with Crippen LogP contribution in [0.15, 0.2) is 56.7 Å². The second-order valence-electron chi connectivity index (χ2n) is 3.13. The first-order chi connectivity index (χ1) is 7.65. The molecule has 0 nitrogen and oxygen atoms in total. The van der Waals surface area contributed by atoms with E-state index in [0.717, 1.165) is 9.50 Å². The van der Waals surface area contributed by atoms with Crippen molar-refractivity contribution in [2.75, 3.05) is 0 Å². The van der Waals surface area contributed by atoms with Crippen molar-refractivity contribution >= 4 is 61.9 Å². The van der Waals surface area contributed by atoms with Gasteiger partial charge in [-0.1, -0.05) is 23.4 Å². The molecule has 0 radical (unpaired) electrons. The van der Waals surface area contributed by atoms with Gasteiger partial charge in [-0.15, -0.1) is 0 Å². The number of halogens is 3. The zero-order valence-corrected chi connectivity index (χ0v) is 13.4. The maximum Gasteiger partial charge on any atom is 0.0548 e. The monoisotopic (exact) mass is 424 g/mol. The Hall–Kier alpha value is 0.290. The third-order valence-corrected chi connectivity index (χ3v) is 4.87. The first-order valence-corrected chi connectivity index (χ1v) is 7.60. The van der Waals surface area contributed by atoms with E-state index < -0.39 is 0 Å². The summed E-state index contributed by atoms with van der Waals surface area (Å²) in [5, 5.41) is 0.743. The van der Waals surface area contributed by atoms with Crippen molar-refractivity contribution in [2.45, 2.75) is 9.79 Å². The van der Waals surface area contributed by atoms with Crippen LogP contribution in [0.2, 0.25) is 5.02 Å². The Kier molecular flexibility index (Phi) is 4.58. The average molecular weight is 426 g/mol. The fraction of sp³-hybridized carbons (Fsp3) is 0. The molecule has 2 aromatic carbocycles. The summed E-state index contributed by atoms with van der Waals surface area (Å²) in [6.45, 7) is 0. The molecule has 0 aliphatic carbocycles. The van der Waals surface area contributed by atoms with Crippen LogP contribution in [0.4, 0.5) is 0 Å². The molecular formula is C12H7BrClIS. The second kappa shape index (κ2) is 5.76. The van der Waals surface area contributed by atoms with Crippen LogP contribution >= 0.6 is 61.9 Å². The maximum atomic E-state index is 5.95. The van der Waals surface area contributed by atoms with Gasteiger partial charge in [-0.3, -0.25) is 0 Å². The Bertz CT molecular complexity index is 499. The molecule has 0 fully saturated rings. The second-order valence-corrected chi connectivity index (χ2v) is 6.79. The lowest BCUT2D eigenvalue weighted by Gasteiger charge is -2.03. The third kappa shape index (κ3) is 3.39. The third-order valence-electron chi connectivity index (χ3n) is 1.94. The van der Waals surface area contributed by atoms with E-state index in [1.165, 1.54) is 13.4 Å². The van der Waals surface area contributed by atoms with E-state index in [1.807, 2.05) is 18.2 Å². The van der Waals surface area contributed by atoms with E-state index in [1.54, 1.807) is 11.8 Å². The highest BCUT2D eigenvalue weighted by Crippen LogP contribution is 2.32. The summed E-state index contributed by atoms with van der Waals surface area (Å²) < 4.78 is 2.18. The van der Waals surface area contributed by atoms with Gasteiger partial charge in [0.1, 0.15) is 0 Å². The summed E-state index contributed by atoms with van der Waals surface area (Å²) in [7, 11) is 0. The topological polar surface area (TPSA) is 0 Å². The molecule has 0 unspecified atom stereocenters. The van der Waals surface area contributed by atoms with Crippen LogP contribution < -0.4 is 0 Å². The van der Waals surface area contributed by atoms with Gasteiger partial charge >= 0.3 is 0 Å². The van der Waals surface area contributed by atoms with E-state index in [2.05, 4.69) is 62.8 Å². The van der Waals surface area contributed by atoms with Gasteiger partial charge in [0.2, 0.25) is 0 Å². The molecule has 0 aliphatic rings. The predicted octanol–water partition coefficient (Wildman–Crippen LogP) is 5.86. The lowest BCUT2D eigenvalue weighted by molar-refractivity contribution is 1.38. The molecule has 2 aromatic rings. The summed E-state index contributed by atoms with van der Waals surface area (Å²) >= 11 is 13.4. The van der Waals surface area contributed by atoms with Crippen molar-refractivity contribution in [1.82, 2.24) is 0 Å². The molecule has 4 heteroatoms. The van der Waals surface area contributed by atoms with Gasteiger partial charge in [-0.2, -0.15) is 0 Å². The summed E-state index contributed by atoms with van der Waals surface area (Å²) in [6, 6.07) is 14.4. The lowest BCUT2D eigenvalue weighted by Crippen LogP contribution is -1.76.